The van der Waals surface area contributed by atoms with Crippen LogP contribution in [0.3, 0.4) is 0 Å². The smallest absolute Gasteiger partial charge is 0.260 e. The molecule has 112 valence electrons. The van der Waals surface area contributed by atoms with Crippen molar-refractivity contribution < 1.29 is 14.1 Å². The van der Waals surface area contributed by atoms with Gasteiger partial charge in [-0.1, -0.05) is 17.3 Å². The molecule has 1 amide bonds. The van der Waals surface area contributed by atoms with Crippen molar-refractivity contribution >= 4 is 11.6 Å². The van der Waals surface area contributed by atoms with Crippen LogP contribution >= 0.6 is 0 Å². The van der Waals surface area contributed by atoms with Crippen LogP contribution in [-0.4, -0.2) is 35.8 Å². The van der Waals surface area contributed by atoms with E-state index in [1.807, 2.05) is 12.1 Å². The molecule has 1 atom stereocenters. The number of carbonyl (C=O) groups excluding carboxylic acids is 1. The number of benzene rings is 1. The zero-order valence-corrected chi connectivity index (χ0v) is 12.0. The van der Waals surface area contributed by atoms with Crippen LogP contribution in [0.25, 0.3) is 11.5 Å². The molecule has 21 heavy (non-hydrogen) atoms. The standard InChI is InChI=1S/C14H18N4O3/c1-9-16-14(21-18-9)11-5-3-4-6-12(11)17-13(19)7-10(8-15)20-2/h3-6,10H,7-8,15H2,1-2H3,(H,17,19). The van der Waals surface area contributed by atoms with Gasteiger partial charge < -0.3 is 20.3 Å². The van der Waals surface area contributed by atoms with E-state index in [9.17, 15) is 4.79 Å². The van der Waals surface area contributed by atoms with Crippen LogP contribution in [0.5, 0.6) is 0 Å². The van der Waals surface area contributed by atoms with E-state index in [1.54, 1.807) is 19.1 Å². The van der Waals surface area contributed by atoms with Crippen LogP contribution in [0, 0.1) is 6.92 Å². The quantitative estimate of drug-likeness (QED) is 0.832. The number of nitrogens with two attached hydrogens (primary N) is 1. The summed E-state index contributed by atoms with van der Waals surface area (Å²) in [6.45, 7) is 2.02. The molecule has 0 aliphatic heterocycles. The first-order valence-corrected chi connectivity index (χ1v) is 6.56. The highest BCUT2D eigenvalue weighted by Crippen LogP contribution is 2.26. The molecule has 2 aromatic rings. The maximum absolute atomic E-state index is 12.0. The number of anilines is 1. The molecule has 1 unspecified atom stereocenters. The van der Waals surface area contributed by atoms with Gasteiger partial charge in [-0.05, 0) is 19.1 Å². The van der Waals surface area contributed by atoms with Gasteiger partial charge >= 0.3 is 0 Å². The molecule has 1 aromatic heterocycles. The SMILES string of the molecule is COC(CN)CC(=O)Nc1ccccc1-c1nc(C)no1. The van der Waals surface area contributed by atoms with Crippen molar-refractivity contribution in [1.29, 1.82) is 0 Å². The fourth-order valence-electron chi connectivity index (χ4n) is 1.86. The van der Waals surface area contributed by atoms with E-state index in [0.29, 0.717) is 23.0 Å². The molecule has 0 aliphatic carbocycles. The summed E-state index contributed by atoms with van der Waals surface area (Å²) in [5.74, 6) is 0.718. The van der Waals surface area contributed by atoms with E-state index in [2.05, 4.69) is 15.5 Å². The zero-order chi connectivity index (χ0) is 15.2. The van der Waals surface area contributed by atoms with E-state index in [-0.39, 0.29) is 25.0 Å². The number of ether oxygens (including phenoxy) is 1. The van der Waals surface area contributed by atoms with Crippen molar-refractivity contribution in [2.75, 3.05) is 19.0 Å². The number of nitrogens with one attached hydrogen (secondary N) is 1. The normalized spacial score (nSPS) is 12.1. The average Bonchev–Trinajstić information content (AvgIpc) is 2.91. The summed E-state index contributed by atoms with van der Waals surface area (Å²) in [6, 6.07) is 7.23. The predicted octanol–water partition coefficient (Wildman–Crippen LogP) is 1.35. The van der Waals surface area contributed by atoms with Gasteiger partial charge in [0, 0.05) is 13.7 Å². The van der Waals surface area contributed by atoms with E-state index in [0.717, 1.165) is 0 Å². The van der Waals surface area contributed by atoms with E-state index < -0.39 is 0 Å². The molecule has 0 bridgehead atoms. The monoisotopic (exact) mass is 290 g/mol. The van der Waals surface area contributed by atoms with Crippen LogP contribution in [-0.2, 0) is 9.53 Å². The minimum absolute atomic E-state index is 0.184. The lowest BCUT2D eigenvalue weighted by atomic mass is 10.1. The number of aryl methyl sites for hydroxylation is 1. The summed E-state index contributed by atoms with van der Waals surface area (Å²) in [7, 11) is 1.53. The predicted molar refractivity (Wildman–Crippen MR) is 77.6 cm³/mol. The summed E-state index contributed by atoms with van der Waals surface area (Å²) in [6.07, 6.45) is -0.118. The van der Waals surface area contributed by atoms with Gasteiger partial charge in [0.15, 0.2) is 5.82 Å². The Morgan fingerprint density at radius 3 is 2.86 bits per heavy atom. The van der Waals surface area contributed by atoms with Crippen molar-refractivity contribution in [3.8, 4) is 11.5 Å². The first-order valence-electron chi connectivity index (χ1n) is 6.56. The third kappa shape index (κ3) is 3.87. The van der Waals surface area contributed by atoms with Crippen molar-refractivity contribution in [1.82, 2.24) is 10.1 Å². The van der Waals surface area contributed by atoms with Crippen LogP contribution in [0.4, 0.5) is 5.69 Å². The van der Waals surface area contributed by atoms with Gasteiger partial charge in [-0.2, -0.15) is 4.98 Å². The zero-order valence-electron chi connectivity index (χ0n) is 12.0. The molecule has 0 saturated carbocycles. The van der Waals surface area contributed by atoms with Gasteiger partial charge in [0.1, 0.15) is 0 Å². The molecule has 7 nitrogen and oxygen atoms in total. The number of amides is 1. The molecule has 1 heterocycles. The Labute approximate surface area is 122 Å². The number of hydrogen-bond donors (Lipinski definition) is 2. The molecule has 0 radical (unpaired) electrons. The Hall–Kier alpha value is -2.25. The second kappa shape index (κ2) is 6.96. The number of rotatable bonds is 6. The maximum atomic E-state index is 12.0. The fourth-order valence-corrected chi connectivity index (χ4v) is 1.86. The second-order valence-electron chi connectivity index (χ2n) is 4.54. The van der Waals surface area contributed by atoms with E-state index in [1.165, 1.54) is 7.11 Å². The highest BCUT2D eigenvalue weighted by Gasteiger charge is 2.15. The Morgan fingerprint density at radius 2 is 2.24 bits per heavy atom. The molecule has 1 aromatic carbocycles. The third-order valence-corrected chi connectivity index (χ3v) is 2.97. The van der Waals surface area contributed by atoms with Crippen molar-refractivity contribution in [3.63, 3.8) is 0 Å². The van der Waals surface area contributed by atoms with Gasteiger partial charge in [-0.3, -0.25) is 4.79 Å². The van der Waals surface area contributed by atoms with Crippen molar-refractivity contribution in [2.24, 2.45) is 5.73 Å². The molecule has 3 N–H and O–H groups in total. The van der Waals surface area contributed by atoms with Crippen LogP contribution < -0.4 is 11.1 Å². The summed E-state index contributed by atoms with van der Waals surface area (Å²) in [5, 5.41) is 6.57. The Morgan fingerprint density at radius 1 is 1.48 bits per heavy atom. The number of nitrogens with zero attached hydrogens (tertiary/aromatic N) is 2. The number of hydrogen-bond acceptors (Lipinski definition) is 6. The molecular formula is C14H18N4O3. The maximum Gasteiger partial charge on any atom is 0.260 e. The first kappa shape index (κ1) is 15.1. The lowest BCUT2D eigenvalue weighted by Crippen LogP contribution is -2.28. The van der Waals surface area contributed by atoms with Crippen molar-refractivity contribution in [3.05, 3.63) is 30.1 Å². The van der Waals surface area contributed by atoms with Gasteiger partial charge in [0.25, 0.3) is 5.89 Å². The second-order valence-corrected chi connectivity index (χ2v) is 4.54. The highest BCUT2D eigenvalue weighted by molar-refractivity contribution is 5.94. The van der Waals surface area contributed by atoms with Gasteiger partial charge in [-0.15, -0.1) is 0 Å². The minimum atomic E-state index is -0.303. The summed E-state index contributed by atoms with van der Waals surface area (Å²) >= 11 is 0. The summed E-state index contributed by atoms with van der Waals surface area (Å²) in [5.41, 5.74) is 6.79. The lowest BCUT2D eigenvalue weighted by molar-refractivity contribution is -0.118. The van der Waals surface area contributed by atoms with Gasteiger partial charge in [0.05, 0.1) is 23.8 Å². The number of carbonyl (C=O) groups is 1. The molecule has 0 saturated heterocycles. The Bertz CT molecular complexity index is 608. The molecule has 7 heteroatoms. The largest absolute Gasteiger partial charge is 0.380 e. The fraction of sp³-hybridized carbons (Fsp3) is 0.357. The number of methoxy groups -OCH3 is 1. The van der Waals surface area contributed by atoms with Crippen LogP contribution in [0.15, 0.2) is 28.8 Å². The van der Waals surface area contributed by atoms with Crippen LogP contribution in [0.1, 0.15) is 12.2 Å². The molecule has 2 rings (SSSR count). The summed E-state index contributed by atoms with van der Waals surface area (Å²) < 4.78 is 10.2. The molecular weight excluding hydrogens is 272 g/mol. The number of para-hydroxylation sites is 1. The minimum Gasteiger partial charge on any atom is -0.380 e. The van der Waals surface area contributed by atoms with Gasteiger partial charge in [0.2, 0.25) is 5.91 Å². The van der Waals surface area contributed by atoms with E-state index in [4.69, 9.17) is 15.0 Å². The van der Waals surface area contributed by atoms with Crippen LogP contribution in [0.2, 0.25) is 0 Å². The van der Waals surface area contributed by atoms with E-state index >= 15 is 0 Å². The lowest BCUT2D eigenvalue weighted by Gasteiger charge is -2.13. The van der Waals surface area contributed by atoms with Gasteiger partial charge in [-0.25, -0.2) is 0 Å². The Kier molecular flexibility index (Phi) is 5.02. The third-order valence-electron chi connectivity index (χ3n) is 2.97. The summed E-state index contributed by atoms with van der Waals surface area (Å²) in [4.78, 5) is 16.2. The first-order chi connectivity index (χ1) is 10.1. The topological polar surface area (TPSA) is 103 Å². The molecule has 0 aliphatic rings. The number of aromatic nitrogens is 2. The van der Waals surface area contributed by atoms with Crippen molar-refractivity contribution in [2.45, 2.75) is 19.4 Å². The highest BCUT2D eigenvalue weighted by atomic mass is 16.5. The Balaban J connectivity index is 2.15. The molecule has 0 spiro atoms. The average molecular weight is 290 g/mol. The molecule has 0 fully saturated rings.